The van der Waals surface area contributed by atoms with E-state index in [-0.39, 0.29) is 6.04 Å². The first-order valence-corrected chi connectivity index (χ1v) is 6.63. The summed E-state index contributed by atoms with van der Waals surface area (Å²) >= 11 is 7.45. The van der Waals surface area contributed by atoms with Crippen LogP contribution in [0.15, 0.2) is 12.1 Å². The maximum atomic E-state index is 5.90. The molecule has 2 rings (SSSR count). The SMILES string of the molecule is CCNC(C)c1nnnn1Cc1ccc(Cl)s1. The molecule has 0 saturated carbocycles. The average molecular weight is 272 g/mol. The zero-order chi connectivity index (χ0) is 12.3. The van der Waals surface area contributed by atoms with Crippen LogP contribution in [0.5, 0.6) is 0 Å². The van der Waals surface area contributed by atoms with Gasteiger partial charge in [-0.3, -0.25) is 0 Å². The number of nitrogens with zero attached hydrogens (tertiary/aromatic N) is 4. The lowest BCUT2D eigenvalue weighted by Crippen LogP contribution is -2.22. The largest absolute Gasteiger partial charge is 0.308 e. The summed E-state index contributed by atoms with van der Waals surface area (Å²) in [6.45, 7) is 5.66. The van der Waals surface area contributed by atoms with Crippen LogP contribution in [0.4, 0.5) is 0 Å². The minimum Gasteiger partial charge on any atom is -0.308 e. The van der Waals surface area contributed by atoms with E-state index in [9.17, 15) is 0 Å². The normalized spacial score (nSPS) is 12.9. The molecule has 0 radical (unpaired) electrons. The van der Waals surface area contributed by atoms with Gasteiger partial charge in [0.15, 0.2) is 5.82 Å². The fourth-order valence-electron chi connectivity index (χ4n) is 1.62. The van der Waals surface area contributed by atoms with Gasteiger partial charge in [-0.1, -0.05) is 18.5 Å². The number of hydrogen-bond acceptors (Lipinski definition) is 5. The maximum Gasteiger partial charge on any atom is 0.168 e. The molecule has 2 aromatic heterocycles. The summed E-state index contributed by atoms with van der Waals surface area (Å²) in [6, 6.07) is 4.03. The van der Waals surface area contributed by atoms with Crippen molar-refractivity contribution in [3.8, 4) is 0 Å². The second-order valence-electron chi connectivity index (χ2n) is 3.68. The van der Waals surface area contributed by atoms with Crippen molar-refractivity contribution in [2.45, 2.75) is 26.4 Å². The fourth-order valence-corrected chi connectivity index (χ4v) is 2.69. The van der Waals surface area contributed by atoms with E-state index in [1.807, 2.05) is 19.1 Å². The van der Waals surface area contributed by atoms with Crippen molar-refractivity contribution < 1.29 is 0 Å². The molecule has 0 aliphatic rings. The van der Waals surface area contributed by atoms with Gasteiger partial charge in [0.1, 0.15) is 0 Å². The molecule has 0 spiro atoms. The van der Waals surface area contributed by atoms with Crippen molar-refractivity contribution in [2.24, 2.45) is 0 Å². The molecule has 7 heteroatoms. The third-order valence-corrected chi connectivity index (χ3v) is 3.61. The number of rotatable bonds is 5. The summed E-state index contributed by atoms with van der Waals surface area (Å²) < 4.78 is 2.59. The minimum absolute atomic E-state index is 0.144. The molecule has 0 bridgehead atoms. The van der Waals surface area contributed by atoms with E-state index < -0.39 is 0 Å². The molecule has 92 valence electrons. The first-order chi connectivity index (χ1) is 8.20. The number of thiophene rings is 1. The van der Waals surface area contributed by atoms with E-state index in [2.05, 4.69) is 27.8 Å². The Balaban J connectivity index is 2.13. The van der Waals surface area contributed by atoms with Crippen LogP contribution >= 0.6 is 22.9 Å². The van der Waals surface area contributed by atoms with Crippen molar-refractivity contribution in [3.63, 3.8) is 0 Å². The fraction of sp³-hybridized carbons (Fsp3) is 0.500. The minimum atomic E-state index is 0.144. The Labute approximate surface area is 109 Å². The van der Waals surface area contributed by atoms with Crippen LogP contribution in [-0.4, -0.2) is 26.8 Å². The molecule has 2 aromatic rings. The Morgan fingerprint density at radius 1 is 1.53 bits per heavy atom. The standard InChI is InChI=1S/C10H14ClN5S/c1-3-12-7(2)10-13-14-15-16(10)6-8-4-5-9(11)17-8/h4-5,7,12H,3,6H2,1-2H3. The Kier molecular flexibility index (Phi) is 4.09. The van der Waals surface area contributed by atoms with Crippen molar-refractivity contribution >= 4 is 22.9 Å². The third kappa shape index (κ3) is 3.02. The summed E-state index contributed by atoms with van der Waals surface area (Å²) in [5, 5.41) is 15.1. The van der Waals surface area contributed by atoms with Gasteiger partial charge in [0, 0.05) is 4.88 Å². The molecule has 0 aromatic carbocycles. The predicted molar refractivity (Wildman–Crippen MR) is 68.3 cm³/mol. The molecule has 0 aliphatic heterocycles. The Hall–Kier alpha value is -0.980. The van der Waals surface area contributed by atoms with E-state index in [1.165, 1.54) is 0 Å². The smallest absolute Gasteiger partial charge is 0.168 e. The summed E-state index contributed by atoms with van der Waals surface area (Å²) in [5.41, 5.74) is 0. The molecule has 2 heterocycles. The van der Waals surface area contributed by atoms with E-state index >= 15 is 0 Å². The van der Waals surface area contributed by atoms with Gasteiger partial charge in [-0.2, -0.15) is 0 Å². The van der Waals surface area contributed by atoms with Crippen LogP contribution in [0, 0.1) is 0 Å². The number of tetrazole rings is 1. The van der Waals surface area contributed by atoms with Crippen LogP contribution in [0.25, 0.3) is 0 Å². The Bertz CT molecular complexity index is 481. The van der Waals surface area contributed by atoms with Gasteiger partial charge in [-0.25, -0.2) is 4.68 Å². The first-order valence-electron chi connectivity index (χ1n) is 5.44. The van der Waals surface area contributed by atoms with Gasteiger partial charge in [0.25, 0.3) is 0 Å². The lowest BCUT2D eigenvalue weighted by atomic mass is 10.3. The second kappa shape index (κ2) is 5.57. The first kappa shape index (κ1) is 12.5. The highest BCUT2D eigenvalue weighted by molar-refractivity contribution is 7.16. The van der Waals surface area contributed by atoms with Crippen LogP contribution in [0.1, 0.15) is 30.6 Å². The molecule has 1 atom stereocenters. The summed E-state index contributed by atoms with van der Waals surface area (Å²) in [7, 11) is 0. The van der Waals surface area contributed by atoms with E-state index in [0.29, 0.717) is 6.54 Å². The molecule has 17 heavy (non-hydrogen) atoms. The zero-order valence-corrected chi connectivity index (χ0v) is 11.3. The second-order valence-corrected chi connectivity index (χ2v) is 5.48. The van der Waals surface area contributed by atoms with Crippen LogP contribution in [-0.2, 0) is 6.54 Å². The summed E-state index contributed by atoms with van der Waals surface area (Å²) in [4.78, 5) is 1.15. The lowest BCUT2D eigenvalue weighted by molar-refractivity contribution is 0.518. The topological polar surface area (TPSA) is 55.6 Å². The van der Waals surface area contributed by atoms with Crippen molar-refractivity contribution in [2.75, 3.05) is 6.54 Å². The zero-order valence-electron chi connectivity index (χ0n) is 9.72. The highest BCUT2D eigenvalue weighted by Crippen LogP contribution is 2.22. The monoisotopic (exact) mass is 271 g/mol. The molecular weight excluding hydrogens is 258 g/mol. The van der Waals surface area contributed by atoms with Crippen molar-refractivity contribution in [3.05, 3.63) is 27.2 Å². The highest BCUT2D eigenvalue weighted by atomic mass is 35.5. The molecule has 0 saturated heterocycles. The van der Waals surface area contributed by atoms with E-state index in [1.54, 1.807) is 16.0 Å². The average Bonchev–Trinajstić information content (AvgIpc) is 2.89. The van der Waals surface area contributed by atoms with Crippen molar-refractivity contribution in [1.82, 2.24) is 25.5 Å². The van der Waals surface area contributed by atoms with Crippen LogP contribution in [0.2, 0.25) is 4.34 Å². The highest BCUT2D eigenvalue weighted by Gasteiger charge is 2.14. The van der Waals surface area contributed by atoms with E-state index in [4.69, 9.17) is 11.6 Å². The van der Waals surface area contributed by atoms with Gasteiger partial charge in [0.2, 0.25) is 0 Å². The number of hydrogen-bond donors (Lipinski definition) is 1. The molecule has 0 fully saturated rings. The molecule has 1 N–H and O–H groups in total. The van der Waals surface area contributed by atoms with Crippen LogP contribution in [0.3, 0.4) is 0 Å². The third-order valence-electron chi connectivity index (χ3n) is 2.39. The lowest BCUT2D eigenvalue weighted by Gasteiger charge is -2.11. The van der Waals surface area contributed by atoms with E-state index in [0.717, 1.165) is 21.6 Å². The van der Waals surface area contributed by atoms with Gasteiger partial charge >= 0.3 is 0 Å². The van der Waals surface area contributed by atoms with Gasteiger partial charge in [-0.05, 0) is 36.0 Å². The van der Waals surface area contributed by atoms with Crippen LogP contribution < -0.4 is 5.32 Å². The maximum absolute atomic E-state index is 5.90. The molecule has 1 unspecified atom stereocenters. The molecule has 5 nitrogen and oxygen atoms in total. The van der Waals surface area contributed by atoms with Gasteiger partial charge < -0.3 is 5.32 Å². The quantitative estimate of drug-likeness (QED) is 0.905. The van der Waals surface area contributed by atoms with Crippen molar-refractivity contribution in [1.29, 1.82) is 0 Å². The summed E-state index contributed by atoms with van der Waals surface area (Å²) in [5.74, 6) is 0.844. The number of aromatic nitrogens is 4. The Morgan fingerprint density at radius 2 is 2.35 bits per heavy atom. The van der Waals surface area contributed by atoms with Gasteiger partial charge in [-0.15, -0.1) is 16.4 Å². The molecule has 0 amide bonds. The molecule has 0 aliphatic carbocycles. The Morgan fingerprint density at radius 3 is 3.00 bits per heavy atom. The van der Waals surface area contributed by atoms with Gasteiger partial charge in [0.05, 0.1) is 16.9 Å². The summed E-state index contributed by atoms with van der Waals surface area (Å²) in [6.07, 6.45) is 0. The predicted octanol–water partition coefficient (Wildman–Crippen LogP) is 2.11. The molecular formula is C10H14ClN5S. The number of nitrogens with one attached hydrogen (secondary N) is 1. The number of halogens is 1.